The number of fused-ring (bicyclic) bond motifs is 1. The molecule has 3 heteroatoms. The van der Waals surface area contributed by atoms with Crippen LogP contribution in [0.15, 0.2) is 0 Å². The van der Waals surface area contributed by atoms with E-state index in [0.29, 0.717) is 12.5 Å². The first kappa shape index (κ1) is 8.98. The first-order valence-electron chi connectivity index (χ1n) is 5.13. The van der Waals surface area contributed by atoms with Gasteiger partial charge >= 0.3 is 0 Å². The first-order valence-corrected chi connectivity index (χ1v) is 5.13. The molecular formula is C10H17N3. The summed E-state index contributed by atoms with van der Waals surface area (Å²) < 4.78 is 0. The number of hydrogen-bond acceptors (Lipinski definition) is 3. The summed E-state index contributed by atoms with van der Waals surface area (Å²) in [6.07, 6.45) is 0.673. The molecule has 0 saturated carbocycles. The standard InChI is InChI=1S/C10H17N3/c1-8(2-3-11)13-6-9-4-12-5-10(9)7-13/h8-10,12H,2,4-7H2,1H3/t8?,9-,10+. The van der Waals surface area contributed by atoms with E-state index in [1.54, 1.807) is 0 Å². The van der Waals surface area contributed by atoms with Crippen molar-refractivity contribution in [1.29, 1.82) is 5.26 Å². The smallest absolute Gasteiger partial charge is 0.0638 e. The van der Waals surface area contributed by atoms with Gasteiger partial charge in [0, 0.05) is 19.1 Å². The summed E-state index contributed by atoms with van der Waals surface area (Å²) in [7, 11) is 0. The van der Waals surface area contributed by atoms with Gasteiger partial charge in [-0.15, -0.1) is 0 Å². The quantitative estimate of drug-likeness (QED) is 0.668. The predicted molar refractivity (Wildman–Crippen MR) is 51.1 cm³/mol. The Morgan fingerprint density at radius 1 is 1.46 bits per heavy atom. The minimum Gasteiger partial charge on any atom is -0.316 e. The van der Waals surface area contributed by atoms with E-state index in [4.69, 9.17) is 5.26 Å². The summed E-state index contributed by atoms with van der Waals surface area (Å²) in [5.41, 5.74) is 0. The van der Waals surface area contributed by atoms with Crippen molar-refractivity contribution in [3.05, 3.63) is 0 Å². The van der Waals surface area contributed by atoms with E-state index in [2.05, 4.69) is 23.2 Å². The maximum atomic E-state index is 8.61. The minimum atomic E-state index is 0.454. The molecule has 0 aromatic rings. The lowest BCUT2D eigenvalue weighted by atomic mass is 10.0. The summed E-state index contributed by atoms with van der Waals surface area (Å²) >= 11 is 0. The average Bonchev–Trinajstić information content (AvgIpc) is 2.61. The van der Waals surface area contributed by atoms with Crippen molar-refractivity contribution in [3.63, 3.8) is 0 Å². The minimum absolute atomic E-state index is 0.454. The van der Waals surface area contributed by atoms with Gasteiger partial charge in [-0.2, -0.15) is 5.26 Å². The Hall–Kier alpha value is -0.590. The van der Waals surface area contributed by atoms with Gasteiger partial charge in [0.05, 0.1) is 12.5 Å². The maximum absolute atomic E-state index is 8.61. The van der Waals surface area contributed by atoms with Crippen LogP contribution in [0.1, 0.15) is 13.3 Å². The lowest BCUT2D eigenvalue weighted by molar-refractivity contribution is 0.243. The molecule has 2 rings (SSSR count). The van der Waals surface area contributed by atoms with Crippen molar-refractivity contribution >= 4 is 0 Å². The van der Waals surface area contributed by atoms with Crippen LogP contribution in [0, 0.1) is 23.2 Å². The van der Waals surface area contributed by atoms with E-state index in [-0.39, 0.29) is 0 Å². The molecule has 0 amide bonds. The molecular weight excluding hydrogens is 162 g/mol. The predicted octanol–water partition coefficient (Wildman–Crippen LogP) is 0.440. The van der Waals surface area contributed by atoms with Crippen molar-refractivity contribution in [2.24, 2.45) is 11.8 Å². The molecule has 13 heavy (non-hydrogen) atoms. The highest BCUT2D eigenvalue weighted by Crippen LogP contribution is 2.27. The highest BCUT2D eigenvalue weighted by molar-refractivity contribution is 4.94. The first-order chi connectivity index (χ1) is 6.31. The lowest BCUT2D eigenvalue weighted by Crippen LogP contribution is -2.33. The van der Waals surface area contributed by atoms with E-state index in [1.165, 1.54) is 26.2 Å². The Balaban J connectivity index is 1.88. The summed E-state index contributed by atoms with van der Waals surface area (Å²) in [5, 5.41) is 12.0. The monoisotopic (exact) mass is 179 g/mol. The van der Waals surface area contributed by atoms with Crippen LogP contribution < -0.4 is 5.32 Å². The van der Waals surface area contributed by atoms with Gasteiger partial charge in [0.15, 0.2) is 0 Å². The van der Waals surface area contributed by atoms with E-state index in [0.717, 1.165) is 11.8 Å². The molecule has 2 aliphatic rings. The van der Waals surface area contributed by atoms with Crippen molar-refractivity contribution in [3.8, 4) is 6.07 Å². The molecule has 2 aliphatic heterocycles. The van der Waals surface area contributed by atoms with Gasteiger partial charge in [-0.3, -0.25) is 4.90 Å². The van der Waals surface area contributed by atoms with Crippen LogP contribution in [-0.4, -0.2) is 37.1 Å². The molecule has 2 saturated heterocycles. The highest BCUT2D eigenvalue weighted by atomic mass is 15.2. The zero-order valence-electron chi connectivity index (χ0n) is 8.16. The molecule has 0 bridgehead atoms. The van der Waals surface area contributed by atoms with Gasteiger partial charge in [0.25, 0.3) is 0 Å². The van der Waals surface area contributed by atoms with Gasteiger partial charge < -0.3 is 5.32 Å². The van der Waals surface area contributed by atoms with Crippen LogP contribution in [0.5, 0.6) is 0 Å². The number of nitriles is 1. The fraction of sp³-hybridized carbons (Fsp3) is 0.900. The van der Waals surface area contributed by atoms with Gasteiger partial charge in [0.1, 0.15) is 0 Å². The van der Waals surface area contributed by atoms with Crippen LogP contribution in [0.25, 0.3) is 0 Å². The third-order valence-corrected chi connectivity index (χ3v) is 3.43. The summed E-state index contributed by atoms with van der Waals surface area (Å²) in [4.78, 5) is 2.47. The molecule has 0 radical (unpaired) electrons. The van der Waals surface area contributed by atoms with E-state index in [1.807, 2.05) is 0 Å². The van der Waals surface area contributed by atoms with Crippen molar-refractivity contribution < 1.29 is 0 Å². The van der Waals surface area contributed by atoms with Crippen LogP contribution in [0.2, 0.25) is 0 Å². The number of nitrogens with zero attached hydrogens (tertiary/aromatic N) is 2. The molecule has 1 N–H and O–H groups in total. The van der Waals surface area contributed by atoms with E-state index >= 15 is 0 Å². The van der Waals surface area contributed by atoms with Gasteiger partial charge in [-0.05, 0) is 31.8 Å². The van der Waals surface area contributed by atoms with Gasteiger partial charge in [-0.25, -0.2) is 0 Å². The second-order valence-corrected chi connectivity index (χ2v) is 4.34. The largest absolute Gasteiger partial charge is 0.316 e. The van der Waals surface area contributed by atoms with Crippen LogP contribution in [0.4, 0.5) is 0 Å². The molecule has 3 nitrogen and oxygen atoms in total. The SMILES string of the molecule is CC(CC#N)N1C[C@H]2CNC[C@H]2C1. The molecule has 0 aromatic carbocycles. The van der Waals surface area contributed by atoms with Crippen molar-refractivity contribution in [1.82, 2.24) is 10.2 Å². The number of likely N-dealkylation sites (tertiary alicyclic amines) is 1. The van der Waals surface area contributed by atoms with Crippen LogP contribution in [-0.2, 0) is 0 Å². The van der Waals surface area contributed by atoms with Gasteiger partial charge in [-0.1, -0.05) is 0 Å². The van der Waals surface area contributed by atoms with Crippen molar-refractivity contribution in [2.45, 2.75) is 19.4 Å². The van der Waals surface area contributed by atoms with Gasteiger partial charge in [0.2, 0.25) is 0 Å². The molecule has 2 heterocycles. The van der Waals surface area contributed by atoms with Crippen molar-refractivity contribution in [2.75, 3.05) is 26.2 Å². The summed E-state index contributed by atoms with van der Waals surface area (Å²) in [5.74, 6) is 1.70. The molecule has 2 fully saturated rings. The fourth-order valence-electron chi connectivity index (χ4n) is 2.51. The summed E-state index contributed by atoms with van der Waals surface area (Å²) in [6, 6.07) is 2.71. The number of nitrogens with one attached hydrogen (secondary N) is 1. The Labute approximate surface area is 79.7 Å². The maximum Gasteiger partial charge on any atom is 0.0638 e. The average molecular weight is 179 g/mol. The third-order valence-electron chi connectivity index (χ3n) is 3.43. The Bertz CT molecular complexity index is 209. The molecule has 72 valence electrons. The zero-order chi connectivity index (χ0) is 9.26. The number of hydrogen-bond donors (Lipinski definition) is 1. The Morgan fingerprint density at radius 3 is 2.62 bits per heavy atom. The molecule has 0 aromatic heterocycles. The second-order valence-electron chi connectivity index (χ2n) is 4.34. The molecule has 0 aliphatic carbocycles. The highest BCUT2D eigenvalue weighted by Gasteiger charge is 2.37. The summed E-state index contributed by atoms with van der Waals surface area (Å²) in [6.45, 7) is 6.92. The number of rotatable bonds is 2. The second kappa shape index (κ2) is 3.65. The Morgan fingerprint density at radius 2 is 2.08 bits per heavy atom. The molecule has 1 unspecified atom stereocenters. The topological polar surface area (TPSA) is 39.1 Å². The Kier molecular flexibility index (Phi) is 2.52. The van der Waals surface area contributed by atoms with E-state index < -0.39 is 0 Å². The molecule has 3 atom stereocenters. The lowest BCUT2D eigenvalue weighted by Gasteiger charge is -2.22. The van der Waals surface area contributed by atoms with E-state index in [9.17, 15) is 0 Å². The van der Waals surface area contributed by atoms with Crippen LogP contribution in [0.3, 0.4) is 0 Å². The normalized spacial score (nSPS) is 35.7. The third kappa shape index (κ3) is 1.70. The zero-order valence-corrected chi connectivity index (χ0v) is 8.16. The van der Waals surface area contributed by atoms with Crippen LogP contribution >= 0.6 is 0 Å². The molecule has 0 spiro atoms. The fourth-order valence-corrected chi connectivity index (χ4v) is 2.51.